The zero-order valence-electron chi connectivity index (χ0n) is 19.7. The summed E-state index contributed by atoms with van der Waals surface area (Å²) in [6.07, 6.45) is 1.000. The second kappa shape index (κ2) is 13.2. The van der Waals surface area contributed by atoms with Crippen molar-refractivity contribution in [3.63, 3.8) is 0 Å². The highest BCUT2D eigenvalue weighted by Gasteiger charge is 2.24. The summed E-state index contributed by atoms with van der Waals surface area (Å²) in [6, 6.07) is 17.4. The quantitative estimate of drug-likeness (QED) is 0.362. The number of carbonyl (C=O) groups is 3. The van der Waals surface area contributed by atoms with E-state index in [1.54, 1.807) is 6.20 Å². The Morgan fingerprint density at radius 2 is 1.51 bits per heavy atom. The molecule has 0 fully saturated rings. The van der Waals surface area contributed by atoms with Gasteiger partial charge in [-0.2, -0.15) is 0 Å². The summed E-state index contributed by atoms with van der Waals surface area (Å²) in [5.74, 6) is -0.641. The summed E-state index contributed by atoms with van der Waals surface area (Å²) in [6.45, 7) is 4.21. The third-order valence-corrected chi connectivity index (χ3v) is 6.23. The number of benzene rings is 2. The maximum absolute atomic E-state index is 12.7. The lowest BCUT2D eigenvalue weighted by atomic mass is 10.1. The fourth-order valence-corrected chi connectivity index (χ4v) is 3.89. The largest absolute Gasteiger partial charge is 0.459 e. The van der Waals surface area contributed by atoms with Crippen LogP contribution in [-0.2, 0) is 32.3 Å². The first-order valence-corrected chi connectivity index (χ1v) is 12.2. The minimum Gasteiger partial charge on any atom is -0.459 e. The molecular weight excluding hydrogens is 466 g/mol. The number of nitrogens with zero attached hydrogens (tertiary/aromatic N) is 1. The summed E-state index contributed by atoms with van der Waals surface area (Å²) in [5, 5.41) is 5.77. The highest BCUT2D eigenvalue weighted by atomic mass is 32.1. The van der Waals surface area contributed by atoms with Gasteiger partial charge in [0.1, 0.15) is 19.3 Å². The number of thiazole rings is 1. The van der Waals surface area contributed by atoms with E-state index in [2.05, 4.69) is 15.6 Å². The molecule has 1 unspecified atom stereocenters. The highest BCUT2D eigenvalue weighted by Crippen LogP contribution is 2.25. The third kappa shape index (κ3) is 8.86. The fraction of sp³-hybridized carbons (Fsp3) is 0.308. The number of hydrogen-bond donors (Lipinski definition) is 2. The smallest absolute Gasteiger partial charge is 0.408 e. The second-order valence-corrected chi connectivity index (χ2v) is 9.22. The predicted molar refractivity (Wildman–Crippen MR) is 134 cm³/mol. The van der Waals surface area contributed by atoms with Gasteiger partial charge in [0.2, 0.25) is 5.91 Å². The standard InChI is InChI=1S/C26H29N3O5S/c1-18(2)22-15-27-25(35-22)29-23(30)14-13-21(24(31)33-16-19-9-5-3-6-10-19)28-26(32)34-17-20-11-7-4-8-12-20/h3-12,15,18,21H,13-14,16-17H2,1-2H3,(H,28,32)(H,27,29,30). The number of anilines is 1. The lowest BCUT2D eigenvalue weighted by Crippen LogP contribution is -2.42. The van der Waals surface area contributed by atoms with Gasteiger partial charge in [-0.15, -0.1) is 11.3 Å². The molecule has 0 saturated heterocycles. The van der Waals surface area contributed by atoms with Crippen molar-refractivity contribution in [3.8, 4) is 0 Å². The molecule has 3 rings (SSSR count). The van der Waals surface area contributed by atoms with Crippen LogP contribution in [0.25, 0.3) is 0 Å². The van der Waals surface area contributed by atoms with Crippen molar-refractivity contribution in [1.29, 1.82) is 0 Å². The van der Waals surface area contributed by atoms with E-state index in [1.165, 1.54) is 11.3 Å². The van der Waals surface area contributed by atoms with Gasteiger partial charge in [0.25, 0.3) is 0 Å². The van der Waals surface area contributed by atoms with Gasteiger partial charge in [0.15, 0.2) is 5.13 Å². The van der Waals surface area contributed by atoms with Gasteiger partial charge in [0.05, 0.1) is 0 Å². The van der Waals surface area contributed by atoms with Gasteiger partial charge in [-0.1, -0.05) is 74.5 Å². The van der Waals surface area contributed by atoms with Gasteiger partial charge in [0, 0.05) is 17.5 Å². The predicted octanol–water partition coefficient (Wildman–Crippen LogP) is 5.02. The zero-order chi connectivity index (χ0) is 25.0. The van der Waals surface area contributed by atoms with Crippen LogP contribution < -0.4 is 10.6 Å². The molecule has 0 radical (unpaired) electrons. The van der Waals surface area contributed by atoms with Gasteiger partial charge >= 0.3 is 12.1 Å². The number of carbonyl (C=O) groups excluding carboxylic acids is 3. The molecule has 1 aromatic heterocycles. The number of ether oxygens (including phenoxy) is 2. The van der Waals surface area contributed by atoms with Crippen molar-refractivity contribution in [2.24, 2.45) is 0 Å². The van der Waals surface area contributed by atoms with Crippen LogP contribution in [0, 0.1) is 0 Å². The normalized spacial score (nSPS) is 11.5. The van der Waals surface area contributed by atoms with Gasteiger partial charge in [-0.25, -0.2) is 14.6 Å². The summed E-state index contributed by atoms with van der Waals surface area (Å²) in [5.41, 5.74) is 1.63. The van der Waals surface area contributed by atoms with Crippen LogP contribution >= 0.6 is 11.3 Å². The molecule has 2 aromatic carbocycles. The van der Waals surface area contributed by atoms with Gasteiger partial charge < -0.3 is 20.1 Å². The Kier molecular flexibility index (Phi) is 9.80. The van der Waals surface area contributed by atoms with Crippen LogP contribution in [-0.4, -0.2) is 29.0 Å². The van der Waals surface area contributed by atoms with Crippen molar-refractivity contribution in [3.05, 3.63) is 82.9 Å². The van der Waals surface area contributed by atoms with Crippen LogP contribution in [0.5, 0.6) is 0 Å². The van der Waals surface area contributed by atoms with Crippen LogP contribution in [0.1, 0.15) is 48.6 Å². The summed E-state index contributed by atoms with van der Waals surface area (Å²) < 4.78 is 10.6. The van der Waals surface area contributed by atoms with Crippen molar-refractivity contribution < 1.29 is 23.9 Å². The molecule has 0 spiro atoms. The van der Waals surface area contributed by atoms with Crippen LogP contribution in [0.15, 0.2) is 66.9 Å². The summed E-state index contributed by atoms with van der Waals surface area (Å²) in [4.78, 5) is 42.8. The molecule has 184 valence electrons. The van der Waals surface area contributed by atoms with Gasteiger partial charge in [-0.3, -0.25) is 4.79 Å². The molecule has 1 atom stereocenters. The maximum atomic E-state index is 12.7. The first kappa shape index (κ1) is 25.9. The van der Waals surface area contributed by atoms with Gasteiger partial charge in [-0.05, 0) is 23.5 Å². The minimum atomic E-state index is -1.05. The first-order chi connectivity index (χ1) is 16.9. The second-order valence-electron chi connectivity index (χ2n) is 8.16. The molecule has 9 heteroatoms. The molecule has 2 amide bonds. The van der Waals surface area contributed by atoms with E-state index in [1.807, 2.05) is 74.5 Å². The van der Waals surface area contributed by atoms with Crippen LogP contribution in [0.2, 0.25) is 0 Å². The minimum absolute atomic E-state index is 0.0132. The van der Waals surface area contributed by atoms with Crippen molar-refractivity contribution in [2.45, 2.75) is 51.9 Å². The summed E-state index contributed by atoms with van der Waals surface area (Å²) in [7, 11) is 0. The lowest BCUT2D eigenvalue weighted by molar-refractivity contribution is -0.147. The number of aromatic nitrogens is 1. The number of rotatable bonds is 11. The van der Waals surface area contributed by atoms with Crippen LogP contribution in [0.3, 0.4) is 0 Å². The Morgan fingerprint density at radius 3 is 2.09 bits per heavy atom. The number of hydrogen-bond acceptors (Lipinski definition) is 7. The Balaban J connectivity index is 1.56. The van der Waals surface area contributed by atoms with Crippen molar-refractivity contribution in [2.75, 3.05) is 5.32 Å². The lowest BCUT2D eigenvalue weighted by Gasteiger charge is -2.17. The van der Waals surface area contributed by atoms with E-state index in [0.717, 1.165) is 16.0 Å². The van der Waals surface area contributed by atoms with E-state index in [4.69, 9.17) is 9.47 Å². The molecule has 2 N–H and O–H groups in total. The molecule has 0 saturated carbocycles. The Morgan fingerprint density at radius 1 is 0.914 bits per heavy atom. The molecule has 1 heterocycles. The Labute approximate surface area is 208 Å². The maximum Gasteiger partial charge on any atom is 0.408 e. The molecule has 0 aliphatic rings. The molecular formula is C26H29N3O5S. The number of nitrogens with one attached hydrogen (secondary N) is 2. The molecule has 8 nitrogen and oxygen atoms in total. The fourth-order valence-electron chi connectivity index (χ4n) is 3.05. The SMILES string of the molecule is CC(C)c1cnc(NC(=O)CCC(NC(=O)OCc2ccccc2)C(=O)OCc2ccccc2)s1. The monoisotopic (exact) mass is 495 g/mol. The summed E-state index contributed by atoms with van der Waals surface area (Å²) >= 11 is 1.41. The molecule has 0 aliphatic carbocycles. The number of esters is 1. The number of amides is 2. The molecule has 35 heavy (non-hydrogen) atoms. The van der Waals surface area contributed by atoms with E-state index in [0.29, 0.717) is 11.0 Å². The number of alkyl carbamates (subject to hydrolysis) is 1. The van der Waals surface area contributed by atoms with E-state index in [-0.39, 0.29) is 32.0 Å². The third-order valence-electron chi connectivity index (χ3n) is 5.01. The highest BCUT2D eigenvalue weighted by molar-refractivity contribution is 7.15. The molecule has 0 aliphatic heterocycles. The topological polar surface area (TPSA) is 107 Å². The molecule has 3 aromatic rings. The van der Waals surface area contributed by atoms with E-state index in [9.17, 15) is 14.4 Å². The van der Waals surface area contributed by atoms with Crippen molar-refractivity contribution in [1.82, 2.24) is 10.3 Å². The zero-order valence-corrected chi connectivity index (χ0v) is 20.5. The Hall–Kier alpha value is -3.72. The average Bonchev–Trinajstić information content (AvgIpc) is 3.34. The van der Waals surface area contributed by atoms with Crippen molar-refractivity contribution >= 4 is 34.4 Å². The average molecular weight is 496 g/mol. The Bertz CT molecular complexity index is 1100. The van der Waals surface area contributed by atoms with E-state index >= 15 is 0 Å². The first-order valence-electron chi connectivity index (χ1n) is 11.3. The molecule has 0 bridgehead atoms. The van der Waals surface area contributed by atoms with E-state index < -0.39 is 18.1 Å². The van der Waals surface area contributed by atoms with Crippen LogP contribution in [0.4, 0.5) is 9.93 Å².